The number of nitrogens with zero attached hydrogens (tertiary/aromatic N) is 1. The van der Waals surface area contributed by atoms with Crippen LogP contribution >= 0.6 is 0 Å². The van der Waals surface area contributed by atoms with Crippen molar-refractivity contribution in [2.45, 2.75) is 106 Å². The summed E-state index contributed by atoms with van der Waals surface area (Å²) >= 11 is 0. The van der Waals surface area contributed by atoms with Crippen molar-refractivity contribution in [3.05, 3.63) is 22.8 Å². The highest BCUT2D eigenvalue weighted by Crippen LogP contribution is 2.44. The number of unbranched alkanes of at least 4 members (excludes halogenated alkanes) is 1. The summed E-state index contributed by atoms with van der Waals surface area (Å²) in [5.41, 5.74) is 4.68. The molecular weight excluding hydrogens is 416 g/mol. The standard InChI is InChI=1S/C27H44N2O4/c1-8-12-21(33-9-2)13-10-11-14-29-20(17-23(30)31)16-22-18(3)15-19(4)24(25(22)29)28-26(32)27(5,6)7/h15,20-21H,8-14,16-17H2,1-7H3,(H,28,32)(H,30,31). The molecule has 2 unspecified atom stereocenters. The first-order valence-corrected chi connectivity index (χ1v) is 12.5. The Bertz CT molecular complexity index is 822. The summed E-state index contributed by atoms with van der Waals surface area (Å²) in [6.45, 7) is 15.6. The van der Waals surface area contributed by atoms with E-state index in [4.69, 9.17) is 4.74 Å². The van der Waals surface area contributed by atoms with Gasteiger partial charge in [-0.2, -0.15) is 0 Å². The van der Waals surface area contributed by atoms with Gasteiger partial charge in [-0.15, -0.1) is 0 Å². The van der Waals surface area contributed by atoms with E-state index in [2.05, 4.69) is 30.1 Å². The number of hydrogen-bond acceptors (Lipinski definition) is 4. The lowest BCUT2D eigenvalue weighted by Crippen LogP contribution is -2.36. The van der Waals surface area contributed by atoms with E-state index in [0.29, 0.717) is 12.5 Å². The molecule has 0 fully saturated rings. The van der Waals surface area contributed by atoms with Crippen LogP contribution in [0.3, 0.4) is 0 Å². The van der Waals surface area contributed by atoms with Crippen LogP contribution in [-0.2, 0) is 20.7 Å². The topological polar surface area (TPSA) is 78.9 Å². The fourth-order valence-corrected chi connectivity index (χ4v) is 4.77. The third-order valence-electron chi connectivity index (χ3n) is 6.51. The number of amides is 1. The van der Waals surface area contributed by atoms with Crippen LogP contribution < -0.4 is 10.2 Å². The number of hydrogen-bond donors (Lipinski definition) is 2. The second kappa shape index (κ2) is 11.9. The van der Waals surface area contributed by atoms with Crippen LogP contribution in [0.15, 0.2) is 6.07 Å². The van der Waals surface area contributed by atoms with Crippen molar-refractivity contribution >= 4 is 23.3 Å². The molecule has 2 N–H and O–H groups in total. The van der Waals surface area contributed by atoms with Crippen molar-refractivity contribution in [1.82, 2.24) is 0 Å². The van der Waals surface area contributed by atoms with E-state index in [1.54, 1.807) is 0 Å². The predicted octanol–water partition coefficient (Wildman–Crippen LogP) is 5.87. The van der Waals surface area contributed by atoms with Gasteiger partial charge in [0.05, 0.1) is 23.9 Å². The maximum absolute atomic E-state index is 12.9. The minimum Gasteiger partial charge on any atom is -0.481 e. The highest BCUT2D eigenvalue weighted by molar-refractivity contribution is 5.99. The molecule has 186 valence electrons. The minimum atomic E-state index is -0.785. The van der Waals surface area contributed by atoms with E-state index in [9.17, 15) is 14.7 Å². The largest absolute Gasteiger partial charge is 0.481 e. The number of carbonyl (C=O) groups excluding carboxylic acids is 1. The Morgan fingerprint density at radius 2 is 1.88 bits per heavy atom. The van der Waals surface area contributed by atoms with E-state index >= 15 is 0 Å². The minimum absolute atomic E-state index is 0.0302. The molecular formula is C27H44N2O4. The lowest BCUT2D eigenvalue weighted by Gasteiger charge is -2.30. The van der Waals surface area contributed by atoms with Gasteiger partial charge in [-0.3, -0.25) is 9.59 Å². The molecule has 0 aliphatic carbocycles. The maximum atomic E-state index is 12.9. The zero-order chi connectivity index (χ0) is 24.8. The summed E-state index contributed by atoms with van der Waals surface area (Å²) in [6, 6.07) is 2.01. The molecule has 1 aliphatic rings. The fraction of sp³-hybridized carbons (Fsp3) is 0.704. The van der Waals surface area contributed by atoms with Crippen LogP contribution in [0.25, 0.3) is 0 Å². The van der Waals surface area contributed by atoms with Gasteiger partial charge in [0.2, 0.25) is 5.91 Å². The smallest absolute Gasteiger partial charge is 0.305 e. The van der Waals surface area contributed by atoms with Crippen LogP contribution in [0.4, 0.5) is 11.4 Å². The van der Waals surface area contributed by atoms with E-state index in [1.807, 2.05) is 34.6 Å². The molecule has 6 heteroatoms. The monoisotopic (exact) mass is 460 g/mol. The average molecular weight is 461 g/mol. The van der Waals surface area contributed by atoms with E-state index in [-0.39, 0.29) is 18.4 Å². The number of aliphatic carboxylic acids is 1. The zero-order valence-electron chi connectivity index (χ0n) is 21.7. The van der Waals surface area contributed by atoms with Crippen molar-refractivity contribution in [3.63, 3.8) is 0 Å². The molecule has 2 rings (SSSR count). The molecule has 0 saturated heterocycles. The van der Waals surface area contributed by atoms with Crippen molar-refractivity contribution < 1.29 is 19.4 Å². The average Bonchev–Trinajstić information content (AvgIpc) is 3.05. The molecule has 1 aliphatic heterocycles. The number of nitrogens with one attached hydrogen (secondary N) is 1. The summed E-state index contributed by atoms with van der Waals surface area (Å²) in [7, 11) is 0. The third-order valence-corrected chi connectivity index (χ3v) is 6.51. The number of carbonyl (C=O) groups is 2. The van der Waals surface area contributed by atoms with Crippen LogP contribution in [-0.4, -0.2) is 42.3 Å². The number of carboxylic acids is 1. The summed E-state index contributed by atoms with van der Waals surface area (Å²) in [5, 5.41) is 12.7. The van der Waals surface area contributed by atoms with E-state index in [0.717, 1.165) is 73.3 Å². The van der Waals surface area contributed by atoms with Gasteiger partial charge in [-0.25, -0.2) is 0 Å². The number of carboxylic acid groups (broad SMARTS) is 1. The molecule has 1 heterocycles. The van der Waals surface area contributed by atoms with Crippen molar-refractivity contribution in [2.75, 3.05) is 23.4 Å². The summed E-state index contributed by atoms with van der Waals surface area (Å²) in [4.78, 5) is 26.8. The predicted molar refractivity (Wildman–Crippen MR) is 135 cm³/mol. The van der Waals surface area contributed by atoms with Gasteiger partial charge in [-0.05, 0) is 69.6 Å². The Balaban J connectivity index is 2.29. The first kappa shape index (κ1) is 27.2. The Labute approximate surface area is 200 Å². The second-order valence-electron chi connectivity index (χ2n) is 10.4. The second-order valence-corrected chi connectivity index (χ2v) is 10.4. The molecule has 1 aromatic carbocycles. The fourth-order valence-electron chi connectivity index (χ4n) is 4.77. The highest BCUT2D eigenvalue weighted by atomic mass is 16.5. The molecule has 2 atom stereocenters. The Hall–Kier alpha value is -2.08. The molecule has 33 heavy (non-hydrogen) atoms. The normalized spacial score (nSPS) is 16.6. The maximum Gasteiger partial charge on any atom is 0.305 e. The van der Waals surface area contributed by atoms with Crippen molar-refractivity contribution in [2.24, 2.45) is 5.41 Å². The third kappa shape index (κ3) is 7.20. The number of fused-ring (bicyclic) bond motifs is 1. The molecule has 0 radical (unpaired) electrons. The van der Waals surface area contributed by atoms with Gasteiger partial charge >= 0.3 is 5.97 Å². The molecule has 1 amide bonds. The van der Waals surface area contributed by atoms with Gasteiger partial charge in [-0.1, -0.05) is 40.2 Å². The van der Waals surface area contributed by atoms with E-state index in [1.165, 1.54) is 0 Å². The molecule has 0 spiro atoms. The number of benzene rings is 1. The molecule has 0 aromatic heterocycles. The molecule has 1 aromatic rings. The van der Waals surface area contributed by atoms with Crippen molar-refractivity contribution in [1.29, 1.82) is 0 Å². The highest BCUT2D eigenvalue weighted by Gasteiger charge is 2.35. The lowest BCUT2D eigenvalue weighted by molar-refractivity contribution is -0.137. The lowest BCUT2D eigenvalue weighted by atomic mass is 9.94. The summed E-state index contributed by atoms with van der Waals surface area (Å²) in [6.07, 6.45) is 6.29. The Morgan fingerprint density at radius 1 is 1.18 bits per heavy atom. The molecule has 0 bridgehead atoms. The van der Waals surface area contributed by atoms with Crippen LogP contribution in [0.5, 0.6) is 0 Å². The molecule has 6 nitrogen and oxygen atoms in total. The Morgan fingerprint density at radius 3 is 2.45 bits per heavy atom. The van der Waals surface area contributed by atoms with E-state index < -0.39 is 11.4 Å². The van der Waals surface area contributed by atoms with Gasteiger partial charge in [0.25, 0.3) is 0 Å². The zero-order valence-corrected chi connectivity index (χ0v) is 21.7. The van der Waals surface area contributed by atoms with Crippen LogP contribution in [0.2, 0.25) is 0 Å². The van der Waals surface area contributed by atoms with Gasteiger partial charge in [0.1, 0.15) is 0 Å². The summed E-state index contributed by atoms with van der Waals surface area (Å²) < 4.78 is 5.87. The first-order chi connectivity index (χ1) is 15.5. The van der Waals surface area contributed by atoms with Gasteiger partial charge in [0, 0.05) is 24.6 Å². The first-order valence-electron chi connectivity index (χ1n) is 12.5. The van der Waals surface area contributed by atoms with Gasteiger partial charge in [0.15, 0.2) is 0 Å². The van der Waals surface area contributed by atoms with Crippen LogP contribution in [0, 0.1) is 19.3 Å². The van der Waals surface area contributed by atoms with Gasteiger partial charge < -0.3 is 20.1 Å². The van der Waals surface area contributed by atoms with Crippen LogP contribution in [0.1, 0.15) is 89.8 Å². The number of aryl methyl sites for hydroxylation is 2. The number of rotatable bonds is 12. The SMILES string of the molecule is CCCC(CCCCN1c2c(c(C)cc(C)c2NC(=O)C(C)(C)C)CC1CC(=O)O)OCC. The summed E-state index contributed by atoms with van der Waals surface area (Å²) in [5.74, 6) is -0.816. The molecule has 0 saturated carbocycles. The van der Waals surface area contributed by atoms with Crippen molar-refractivity contribution in [3.8, 4) is 0 Å². The quantitative estimate of drug-likeness (QED) is 0.381. The number of anilines is 2. The Kier molecular flexibility index (Phi) is 9.77. The number of ether oxygens (including phenoxy) is 1.